The lowest BCUT2D eigenvalue weighted by molar-refractivity contribution is -0.126. The van der Waals surface area contributed by atoms with Gasteiger partial charge in [-0.3, -0.25) is 4.79 Å². The quantitative estimate of drug-likeness (QED) is 0.764. The van der Waals surface area contributed by atoms with Crippen molar-refractivity contribution in [1.82, 2.24) is 25.2 Å². The topological polar surface area (TPSA) is 85.0 Å². The monoisotopic (exact) mass is 245 g/mol. The second-order valence-electron chi connectivity index (χ2n) is 4.24. The van der Waals surface area contributed by atoms with Crippen LogP contribution >= 0.6 is 0 Å². The Balaban J connectivity index is 1.85. The predicted molar refractivity (Wildman–Crippen MR) is 60.3 cm³/mol. The molecule has 7 nitrogen and oxygen atoms in total. The Labute approximate surface area is 103 Å². The maximum absolute atomic E-state index is 11.4. The van der Waals surface area contributed by atoms with Crippen molar-refractivity contribution in [3.05, 3.63) is 24.2 Å². The minimum Gasteiger partial charge on any atom is -0.345 e. The molecule has 1 amide bonds. The second-order valence-corrected chi connectivity index (χ2v) is 4.24. The van der Waals surface area contributed by atoms with Crippen LogP contribution in [0.2, 0.25) is 0 Å². The van der Waals surface area contributed by atoms with Gasteiger partial charge in [0, 0.05) is 26.2 Å². The SMILES string of the molecule is CN1C[C@@H](c2nc(-c3cccnn3)no2)CC1=O. The van der Waals surface area contributed by atoms with Crippen molar-refractivity contribution in [3.8, 4) is 11.5 Å². The Morgan fingerprint density at radius 1 is 1.50 bits per heavy atom. The molecule has 1 aliphatic heterocycles. The molecule has 1 aliphatic rings. The van der Waals surface area contributed by atoms with Crippen molar-refractivity contribution in [2.75, 3.05) is 13.6 Å². The van der Waals surface area contributed by atoms with Gasteiger partial charge < -0.3 is 9.42 Å². The second kappa shape index (κ2) is 4.17. The number of hydrogen-bond donors (Lipinski definition) is 0. The van der Waals surface area contributed by atoms with Gasteiger partial charge in [-0.15, -0.1) is 5.10 Å². The lowest BCUT2D eigenvalue weighted by Gasteiger charge is -2.05. The molecule has 3 heterocycles. The third-order valence-electron chi connectivity index (χ3n) is 2.93. The number of nitrogens with zero attached hydrogens (tertiary/aromatic N) is 5. The molecule has 0 unspecified atom stereocenters. The zero-order chi connectivity index (χ0) is 12.5. The summed E-state index contributed by atoms with van der Waals surface area (Å²) in [6.45, 7) is 0.612. The molecule has 1 saturated heterocycles. The van der Waals surface area contributed by atoms with Gasteiger partial charge in [0.25, 0.3) is 0 Å². The van der Waals surface area contributed by atoms with Crippen LogP contribution in [0.3, 0.4) is 0 Å². The van der Waals surface area contributed by atoms with Gasteiger partial charge >= 0.3 is 0 Å². The fourth-order valence-corrected chi connectivity index (χ4v) is 1.95. The number of carbonyl (C=O) groups excluding carboxylic acids is 1. The summed E-state index contributed by atoms with van der Waals surface area (Å²) in [5.41, 5.74) is 0.560. The molecular weight excluding hydrogens is 234 g/mol. The van der Waals surface area contributed by atoms with E-state index >= 15 is 0 Å². The summed E-state index contributed by atoms with van der Waals surface area (Å²) in [6, 6.07) is 3.51. The summed E-state index contributed by atoms with van der Waals surface area (Å²) in [5.74, 6) is 0.952. The molecule has 2 aromatic rings. The lowest BCUT2D eigenvalue weighted by Crippen LogP contribution is -2.18. The van der Waals surface area contributed by atoms with Crippen LogP contribution in [0, 0.1) is 0 Å². The highest BCUT2D eigenvalue weighted by Crippen LogP contribution is 2.27. The van der Waals surface area contributed by atoms with Crippen molar-refractivity contribution >= 4 is 5.91 Å². The molecule has 1 fully saturated rings. The summed E-state index contributed by atoms with van der Waals surface area (Å²) < 4.78 is 5.19. The Kier molecular flexibility index (Phi) is 2.51. The van der Waals surface area contributed by atoms with Crippen LogP contribution in [-0.2, 0) is 4.79 Å². The first-order valence-electron chi connectivity index (χ1n) is 5.59. The molecule has 0 N–H and O–H groups in total. The molecule has 0 spiro atoms. The van der Waals surface area contributed by atoms with E-state index in [-0.39, 0.29) is 11.8 Å². The third kappa shape index (κ3) is 1.83. The third-order valence-corrected chi connectivity index (χ3v) is 2.93. The highest BCUT2D eigenvalue weighted by atomic mass is 16.5. The number of hydrogen-bond acceptors (Lipinski definition) is 6. The summed E-state index contributed by atoms with van der Waals surface area (Å²) in [6.07, 6.45) is 1.99. The molecule has 18 heavy (non-hydrogen) atoms. The number of aromatic nitrogens is 4. The molecular formula is C11H11N5O2. The highest BCUT2D eigenvalue weighted by molar-refractivity contribution is 5.79. The number of likely N-dealkylation sites (N-methyl/N-ethyl adjacent to an activating group) is 1. The van der Waals surface area contributed by atoms with Gasteiger partial charge in [0.2, 0.25) is 17.6 Å². The molecule has 0 bridgehead atoms. The van der Waals surface area contributed by atoms with Gasteiger partial charge in [-0.2, -0.15) is 10.1 Å². The summed E-state index contributed by atoms with van der Waals surface area (Å²) in [4.78, 5) is 17.4. The number of rotatable bonds is 2. The Morgan fingerprint density at radius 3 is 3.06 bits per heavy atom. The summed E-state index contributed by atoms with van der Waals surface area (Å²) in [7, 11) is 1.77. The first-order valence-corrected chi connectivity index (χ1v) is 5.59. The van der Waals surface area contributed by atoms with Gasteiger partial charge in [0.05, 0.1) is 5.92 Å². The minimum atomic E-state index is -0.0274. The van der Waals surface area contributed by atoms with E-state index in [0.29, 0.717) is 30.4 Å². The maximum Gasteiger partial charge on any atom is 0.232 e. The average molecular weight is 245 g/mol. The van der Waals surface area contributed by atoms with Gasteiger partial charge in [0.15, 0.2) is 0 Å². The zero-order valence-corrected chi connectivity index (χ0v) is 9.78. The van der Waals surface area contributed by atoms with Crippen molar-refractivity contribution in [2.24, 2.45) is 0 Å². The molecule has 7 heteroatoms. The molecule has 92 valence electrons. The predicted octanol–water partition coefficient (Wildman–Crippen LogP) is 0.472. The average Bonchev–Trinajstić information content (AvgIpc) is 2.99. The van der Waals surface area contributed by atoms with Crippen LogP contribution in [0.4, 0.5) is 0 Å². The van der Waals surface area contributed by atoms with Crippen molar-refractivity contribution in [2.45, 2.75) is 12.3 Å². The molecule has 3 rings (SSSR count). The Bertz CT molecular complexity index is 568. The van der Waals surface area contributed by atoms with Crippen LogP contribution < -0.4 is 0 Å². The molecule has 1 atom stereocenters. The standard InChI is InChI=1S/C11H11N5O2/c1-16-6-7(5-9(16)17)11-13-10(15-18-11)8-3-2-4-12-14-8/h2-4,7H,5-6H2,1H3/t7-/m0/s1. The number of likely N-dealkylation sites (tertiary alicyclic amines) is 1. The molecule has 0 aliphatic carbocycles. The first-order chi connectivity index (χ1) is 8.74. The van der Waals surface area contributed by atoms with Crippen LogP contribution in [-0.4, -0.2) is 44.7 Å². The van der Waals surface area contributed by atoms with E-state index in [4.69, 9.17) is 4.52 Å². The van der Waals surface area contributed by atoms with Gasteiger partial charge in [0.1, 0.15) is 5.69 Å². The van der Waals surface area contributed by atoms with Gasteiger partial charge in [-0.25, -0.2) is 0 Å². The summed E-state index contributed by atoms with van der Waals surface area (Å²) >= 11 is 0. The number of carbonyl (C=O) groups is 1. The number of amides is 1. The first kappa shape index (κ1) is 10.8. The smallest absolute Gasteiger partial charge is 0.232 e. The molecule has 0 saturated carbocycles. The summed E-state index contributed by atoms with van der Waals surface area (Å²) in [5, 5.41) is 11.5. The fraction of sp³-hybridized carbons (Fsp3) is 0.364. The van der Waals surface area contributed by atoms with Crippen LogP contribution in [0.25, 0.3) is 11.5 Å². The zero-order valence-electron chi connectivity index (χ0n) is 9.78. The molecule has 0 aromatic carbocycles. The normalized spacial score (nSPS) is 19.5. The molecule has 0 radical (unpaired) electrons. The Hall–Kier alpha value is -2.31. The Morgan fingerprint density at radius 2 is 2.39 bits per heavy atom. The van der Waals surface area contributed by atoms with E-state index in [9.17, 15) is 4.79 Å². The van der Waals surface area contributed by atoms with E-state index in [0.717, 1.165) is 0 Å². The van der Waals surface area contributed by atoms with E-state index in [1.807, 2.05) is 0 Å². The largest absolute Gasteiger partial charge is 0.345 e. The van der Waals surface area contributed by atoms with E-state index in [1.165, 1.54) is 0 Å². The minimum absolute atomic E-state index is 0.0274. The van der Waals surface area contributed by atoms with Crippen molar-refractivity contribution in [3.63, 3.8) is 0 Å². The van der Waals surface area contributed by atoms with Crippen molar-refractivity contribution < 1.29 is 9.32 Å². The van der Waals surface area contributed by atoms with Gasteiger partial charge in [-0.1, -0.05) is 5.16 Å². The van der Waals surface area contributed by atoms with E-state index < -0.39 is 0 Å². The van der Waals surface area contributed by atoms with Crippen molar-refractivity contribution in [1.29, 1.82) is 0 Å². The molecule has 2 aromatic heterocycles. The lowest BCUT2D eigenvalue weighted by atomic mass is 10.1. The fourth-order valence-electron chi connectivity index (χ4n) is 1.95. The van der Waals surface area contributed by atoms with Gasteiger partial charge in [-0.05, 0) is 12.1 Å². The van der Waals surface area contributed by atoms with Crippen LogP contribution in [0.5, 0.6) is 0 Å². The highest BCUT2D eigenvalue weighted by Gasteiger charge is 2.32. The van der Waals surface area contributed by atoms with E-state index in [1.54, 1.807) is 30.3 Å². The maximum atomic E-state index is 11.4. The van der Waals surface area contributed by atoms with E-state index in [2.05, 4.69) is 20.3 Å². The van der Waals surface area contributed by atoms with Crippen LogP contribution in [0.1, 0.15) is 18.2 Å². The van der Waals surface area contributed by atoms with Crippen LogP contribution in [0.15, 0.2) is 22.9 Å².